The summed E-state index contributed by atoms with van der Waals surface area (Å²) in [7, 11) is -4.37. The fourth-order valence-electron chi connectivity index (χ4n) is 1.11. The van der Waals surface area contributed by atoms with E-state index in [0.29, 0.717) is 13.0 Å². The molecule has 1 saturated carbocycles. The molecule has 0 bridgehead atoms. The van der Waals surface area contributed by atoms with E-state index >= 15 is 0 Å². The lowest BCUT2D eigenvalue weighted by Crippen LogP contribution is -2.15. The predicted octanol–water partition coefficient (Wildman–Crippen LogP) is 0.663. The molecule has 6 heteroatoms. The van der Waals surface area contributed by atoms with Crippen molar-refractivity contribution in [3.63, 3.8) is 0 Å². The summed E-state index contributed by atoms with van der Waals surface area (Å²) in [6, 6.07) is 0. The lowest BCUT2D eigenvalue weighted by atomic mass is 10.4. The van der Waals surface area contributed by atoms with Gasteiger partial charge in [-0.25, -0.2) is 4.57 Å². The van der Waals surface area contributed by atoms with Gasteiger partial charge < -0.3 is 14.5 Å². The van der Waals surface area contributed by atoms with E-state index in [0.717, 1.165) is 0 Å². The molecule has 0 aromatic heterocycles. The van der Waals surface area contributed by atoms with Crippen molar-refractivity contribution in [2.24, 2.45) is 0 Å². The van der Waals surface area contributed by atoms with Crippen molar-refractivity contribution >= 4 is 7.82 Å². The van der Waals surface area contributed by atoms with Gasteiger partial charge in [-0.15, -0.1) is 0 Å². The first kappa shape index (κ1) is 10.2. The summed E-state index contributed by atoms with van der Waals surface area (Å²) in [6.45, 7) is 3.99. The largest absolute Gasteiger partial charge is 0.470 e. The Labute approximate surface area is 70.9 Å². The van der Waals surface area contributed by atoms with Crippen molar-refractivity contribution in [3.05, 3.63) is 0 Å². The first-order chi connectivity index (χ1) is 5.37. The maximum atomic E-state index is 10.5. The quantitative estimate of drug-likeness (QED) is 0.646. The van der Waals surface area contributed by atoms with Crippen molar-refractivity contribution in [3.8, 4) is 0 Å². The van der Waals surface area contributed by atoms with E-state index in [9.17, 15) is 4.57 Å². The Kier molecular flexibility index (Phi) is 2.61. The number of phosphoric acid groups is 1. The highest BCUT2D eigenvalue weighted by Gasteiger charge is 2.56. The molecule has 0 aromatic carbocycles. The Bertz CT molecular complexity index is 212. The minimum Gasteiger partial charge on any atom is -0.375 e. The van der Waals surface area contributed by atoms with Crippen LogP contribution < -0.4 is 0 Å². The maximum Gasteiger partial charge on any atom is 0.470 e. The molecule has 1 rings (SSSR count). The highest BCUT2D eigenvalue weighted by atomic mass is 31.2. The van der Waals surface area contributed by atoms with Gasteiger partial charge in [-0.2, -0.15) is 0 Å². The molecule has 1 fully saturated rings. The Balaban J connectivity index is 2.40. The average molecular weight is 196 g/mol. The van der Waals surface area contributed by atoms with Crippen LogP contribution >= 0.6 is 7.82 Å². The number of ether oxygens (including phenoxy) is 1. The third-order valence-corrected chi connectivity index (χ3v) is 2.46. The molecule has 1 aliphatic carbocycles. The molecular weight excluding hydrogens is 183 g/mol. The Morgan fingerprint density at radius 3 is 2.67 bits per heavy atom. The van der Waals surface area contributed by atoms with E-state index in [4.69, 9.17) is 14.5 Å². The van der Waals surface area contributed by atoms with E-state index in [-0.39, 0.29) is 6.10 Å². The summed E-state index contributed by atoms with van der Waals surface area (Å²) in [5.74, 6) is 0. The smallest absolute Gasteiger partial charge is 0.375 e. The molecule has 0 spiro atoms. The van der Waals surface area contributed by atoms with Gasteiger partial charge >= 0.3 is 7.82 Å². The van der Waals surface area contributed by atoms with Crippen LogP contribution in [-0.4, -0.2) is 28.1 Å². The van der Waals surface area contributed by atoms with E-state index in [1.54, 1.807) is 6.92 Å². The van der Waals surface area contributed by atoms with Gasteiger partial charge in [0.1, 0.15) is 5.60 Å². The second kappa shape index (κ2) is 3.09. The molecule has 0 aliphatic heterocycles. The lowest BCUT2D eigenvalue weighted by Gasteiger charge is -2.12. The molecule has 0 aromatic rings. The molecule has 72 valence electrons. The molecule has 0 amide bonds. The van der Waals surface area contributed by atoms with Gasteiger partial charge in [-0.05, 0) is 13.8 Å². The van der Waals surface area contributed by atoms with Crippen LogP contribution in [0.1, 0.15) is 20.3 Å². The van der Waals surface area contributed by atoms with Crippen LogP contribution in [-0.2, 0) is 13.8 Å². The molecule has 5 nitrogen and oxygen atoms in total. The third kappa shape index (κ3) is 2.54. The summed E-state index contributed by atoms with van der Waals surface area (Å²) < 4.78 is 20.1. The Hall–Kier alpha value is 0.0700. The number of phosphoric ester groups is 1. The van der Waals surface area contributed by atoms with E-state index < -0.39 is 13.4 Å². The second-order valence-electron chi connectivity index (χ2n) is 3.04. The van der Waals surface area contributed by atoms with Crippen molar-refractivity contribution < 1.29 is 23.6 Å². The molecule has 2 N–H and O–H groups in total. The van der Waals surface area contributed by atoms with Crippen LogP contribution in [0, 0.1) is 0 Å². The van der Waals surface area contributed by atoms with E-state index in [1.165, 1.54) is 0 Å². The summed E-state index contributed by atoms with van der Waals surface area (Å²) >= 11 is 0. The van der Waals surface area contributed by atoms with Crippen molar-refractivity contribution in [2.45, 2.75) is 32.0 Å². The summed E-state index contributed by atoms with van der Waals surface area (Å²) in [5.41, 5.74) is -0.783. The van der Waals surface area contributed by atoms with Gasteiger partial charge in [0, 0.05) is 13.0 Å². The van der Waals surface area contributed by atoms with E-state index in [2.05, 4.69) is 4.52 Å². The standard InChI is InChI=1S/C6H13O5P/c1-3-10-5-4-6(5,2)11-12(7,8)9/h5H,3-4H2,1-2H3,(H2,7,8,9). The number of rotatable bonds is 4. The zero-order chi connectivity index (χ0) is 9.41. The van der Waals surface area contributed by atoms with Gasteiger partial charge in [0.05, 0.1) is 6.10 Å². The lowest BCUT2D eigenvalue weighted by molar-refractivity contribution is 0.0446. The molecular formula is C6H13O5P. The molecule has 2 unspecified atom stereocenters. The first-order valence-corrected chi connectivity index (χ1v) is 5.28. The minimum atomic E-state index is -4.37. The molecule has 2 atom stereocenters. The average Bonchev–Trinajstić information content (AvgIpc) is 2.37. The monoisotopic (exact) mass is 196 g/mol. The van der Waals surface area contributed by atoms with Crippen LogP contribution in [0.25, 0.3) is 0 Å². The molecule has 12 heavy (non-hydrogen) atoms. The highest BCUT2D eigenvalue weighted by Crippen LogP contribution is 2.53. The molecule has 0 heterocycles. The van der Waals surface area contributed by atoms with Gasteiger partial charge in [-0.3, -0.25) is 4.52 Å². The summed E-state index contributed by atoms with van der Waals surface area (Å²) in [4.78, 5) is 17.0. The minimum absolute atomic E-state index is 0.171. The molecule has 0 radical (unpaired) electrons. The fraction of sp³-hybridized carbons (Fsp3) is 1.00. The van der Waals surface area contributed by atoms with Crippen molar-refractivity contribution in [1.29, 1.82) is 0 Å². The number of hydrogen-bond donors (Lipinski definition) is 2. The highest BCUT2D eigenvalue weighted by molar-refractivity contribution is 7.46. The zero-order valence-corrected chi connectivity index (χ0v) is 7.95. The van der Waals surface area contributed by atoms with Crippen LogP contribution in [0.4, 0.5) is 0 Å². The van der Waals surface area contributed by atoms with Gasteiger partial charge in [0.25, 0.3) is 0 Å². The summed E-state index contributed by atoms with van der Waals surface area (Å²) in [5, 5.41) is 0. The third-order valence-electron chi connectivity index (χ3n) is 1.81. The van der Waals surface area contributed by atoms with Gasteiger partial charge in [0.15, 0.2) is 0 Å². The zero-order valence-electron chi connectivity index (χ0n) is 7.06. The van der Waals surface area contributed by atoms with Crippen LogP contribution in [0.15, 0.2) is 0 Å². The second-order valence-corrected chi connectivity index (χ2v) is 4.21. The molecule has 1 aliphatic rings. The normalized spacial score (nSPS) is 35.2. The summed E-state index contributed by atoms with van der Waals surface area (Å²) in [6.07, 6.45) is 0.376. The maximum absolute atomic E-state index is 10.5. The van der Waals surface area contributed by atoms with Gasteiger partial charge in [-0.1, -0.05) is 0 Å². The van der Waals surface area contributed by atoms with Crippen LogP contribution in [0.5, 0.6) is 0 Å². The van der Waals surface area contributed by atoms with Crippen molar-refractivity contribution in [1.82, 2.24) is 0 Å². The SMILES string of the molecule is CCOC1CC1(C)OP(=O)(O)O. The van der Waals surface area contributed by atoms with Crippen molar-refractivity contribution in [2.75, 3.05) is 6.61 Å². The first-order valence-electron chi connectivity index (χ1n) is 3.75. The van der Waals surface area contributed by atoms with E-state index in [1.807, 2.05) is 6.92 Å². The fourth-order valence-corrected chi connectivity index (χ4v) is 1.85. The Morgan fingerprint density at radius 1 is 1.67 bits per heavy atom. The number of hydrogen-bond acceptors (Lipinski definition) is 3. The van der Waals surface area contributed by atoms with Crippen LogP contribution in [0.3, 0.4) is 0 Å². The Morgan fingerprint density at radius 2 is 2.25 bits per heavy atom. The van der Waals surface area contributed by atoms with Gasteiger partial charge in [0.2, 0.25) is 0 Å². The molecule has 0 saturated heterocycles. The predicted molar refractivity (Wildman–Crippen MR) is 41.6 cm³/mol. The topological polar surface area (TPSA) is 76.0 Å². The van der Waals surface area contributed by atoms with Crippen LogP contribution in [0.2, 0.25) is 0 Å².